The highest BCUT2D eigenvalue weighted by atomic mass is 32.1. The Kier molecular flexibility index (Phi) is 6.32. The van der Waals surface area contributed by atoms with Gasteiger partial charge in [0.2, 0.25) is 0 Å². The third-order valence-electron chi connectivity index (χ3n) is 2.87. The number of thiazole rings is 1. The standard InChI is InChI=1S/C15H19N3O3S/c1-20-5-6-21-12-4-2-3-11(7-12)9-17-15(19)13-10-22-14(8-16)18-13/h2-4,7,10H,5-6,8-9,16H2,1H3,(H,17,19). The van der Waals surface area contributed by atoms with Crippen molar-refractivity contribution in [2.45, 2.75) is 13.1 Å². The highest BCUT2D eigenvalue weighted by Gasteiger charge is 2.09. The molecule has 0 saturated carbocycles. The zero-order chi connectivity index (χ0) is 15.8. The van der Waals surface area contributed by atoms with Crippen LogP contribution >= 0.6 is 11.3 Å². The number of carbonyl (C=O) groups excluding carboxylic acids is 1. The summed E-state index contributed by atoms with van der Waals surface area (Å²) in [7, 11) is 1.63. The van der Waals surface area contributed by atoms with Crippen LogP contribution in [0.4, 0.5) is 0 Å². The van der Waals surface area contributed by atoms with E-state index in [9.17, 15) is 4.79 Å². The van der Waals surface area contributed by atoms with Crippen LogP contribution in [-0.4, -0.2) is 31.2 Å². The molecule has 0 bridgehead atoms. The lowest BCUT2D eigenvalue weighted by Gasteiger charge is -2.08. The van der Waals surface area contributed by atoms with Gasteiger partial charge in [0.05, 0.1) is 6.61 Å². The molecule has 118 valence electrons. The first-order valence-corrected chi connectivity index (χ1v) is 7.74. The van der Waals surface area contributed by atoms with E-state index in [-0.39, 0.29) is 5.91 Å². The number of benzene rings is 1. The number of rotatable bonds is 8. The molecule has 0 aliphatic carbocycles. The van der Waals surface area contributed by atoms with Crippen LogP contribution in [0.5, 0.6) is 5.75 Å². The molecule has 1 aromatic carbocycles. The summed E-state index contributed by atoms with van der Waals surface area (Å²) in [5.74, 6) is 0.546. The number of nitrogens with two attached hydrogens (primary N) is 1. The van der Waals surface area contributed by atoms with E-state index >= 15 is 0 Å². The molecule has 0 aliphatic heterocycles. The summed E-state index contributed by atoms with van der Waals surface area (Å²) in [5, 5.41) is 5.29. The van der Waals surface area contributed by atoms with E-state index in [0.29, 0.717) is 32.0 Å². The van der Waals surface area contributed by atoms with E-state index in [0.717, 1.165) is 16.3 Å². The van der Waals surface area contributed by atoms with Gasteiger partial charge in [-0.3, -0.25) is 4.79 Å². The average Bonchev–Trinajstić information content (AvgIpc) is 3.02. The highest BCUT2D eigenvalue weighted by molar-refractivity contribution is 7.09. The molecule has 2 aromatic rings. The van der Waals surface area contributed by atoms with E-state index in [1.807, 2.05) is 24.3 Å². The van der Waals surface area contributed by atoms with Crippen molar-refractivity contribution in [3.63, 3.8) is 0 Å². The molecule has 0 unspecified atom stereocenters. The maximum Gasteiger partial charge on any atom is 0.271 e. The molecule has 1 aromatic heterocycles. The Bertz CT molecular complexity index is 616. The van der Waals surface area contributed by atoms with Gasteiger partial charge in [0.25, 0.3) is 5.91 Å². The summed E-state index contributed by atoms with van der Waals surface area (Å²) in [6.45, 7) is 1.79. The van der Waals surface area contributed by atoms with Crippen LogP contribution in [-0.2, 0) is 17.8 Å². The second kappa shape index (κ2) is 8.47. The van der Waals surface area contributed by atoms with Gasteiger partial charge in [-0.05, 0) is 17.7 Å². The SMILES string of the molecule is COCCOc1cccc(CNC(=O)c2csc(CN)n2)c1. The maximum absolute atomic E-state index is 12.0. The van der Waals surface area contributed by atoms with E-state index in [4.69, 9.17) is 15.2 Å². The fraction of sp³-hybridized carbons (Fsp3) is 0.333. The Hall–Kier alpha value is -1.96. The minimum absolute atomic E-state index is 0.207. The lowest BCUT2D eigenvalue weighted by atomic mass is 10.2. The molecule has 2 rings (SSSR count). The Morgan fingerprint density at radius 2 is 2.27 bits per heavy atom. The van der Waals surface area contributed by atoms with E-state index in [1.54, 1.807) is 12.5 Å². The van der Waals surface area contributed by atoms with Gasteiger partial charge < -0.3 is 20.5 Å². The second-order valence-electron chi connectivity index (χ2n) is 4.50. The number of amides is 1. The van der Waals surface area contributed by atoms with Gasteiger partial charge in [0.15, 0.2) is 0 Å². The number of aromatic nitrogens is 1. The largest absolute Gasteiger partial charge is 0.491 e. The van der Waals surface area contributed by atoms with Crippen molar-refractivity contribution in [3.8, 4) is 5.75 Å². The van der Waals surface area contributed by atoms with E-state index in [1.165, 1.54) is 11.3 Å². The summed E-state index contributed by atoms with van der Waals surface area (Å²) in [6, 6.07) is 7.58. The topological polar surface area (TPSA) is 86.5 Å². The summed E-state index contributed by atoms with van der Waals surface area (Å²) < 4.78 is 10.5. The van der Waals surface area contributed by atoms with Crippen LogP contribution < -0.4 is 15.8 Å². The molecule has 22 heavy (non-hydrogen) atoms. The van der Waals surface area contributed by atoms with E-state index in [2.05, 4.69) is 10.3 Å². The summed E-state index contributed by atoms with van der Waals surface area (Å²) >= 11 is 1.38. The Morgan fingerprint density at radius 3 is 3.00 bits per heavy atom. The van der Waals surface area contributed by atoms with Crippen LogP contribution in [0.25, 0.3) is 0 Å². The van der Waals surface area contributed by atoms with Crippen LogP contribution in [0.3, 0.4) is 0 Å². The van der Waals surface area contributed by atoms with Gasteiger partial charge in [0.1, 0.15) is 23.1 Å². The molecule has 3 N–H and O–H groups in total. The van der Waals surface area contributed by atoms with Crippen LogP contribution in [0.1, 0.15) is 21.1 Å². The number of nitrogens with zero attached hydrogens (tertiary/aromatic N) is 1. The summed E-state index contributed by atoms with van der Waals surface area (Å²) in [6.07, 6.45) is 0. The number of nitrogens with one attached hydrogen (secondary N) is 1. The molecule has 1 amide bonds. The van der Waals surface area contributed by atoms with E-state index < -0.39 is 0 Å². The van der Waals surface area contributed by atoms with Crippen LogP contribution in [0.2, 0.25) is 0 Å². The van der Waals surface area contributed by atoms with Crippen molar-refractivity contribution in [1.29, 1.82) is 0 Å². The molecule has 0 atom stereocenters. The minimum atomic E-state index is -0.207. The first-order valence-electron chi connectivity index (χ1n) is 6.86. The van der Waals surface area contributed by atoms with Crippen molar-refractivity contribution in [3.05, 3.63) is 45.9 Å². The quantitative estimate of drug-likeness (QED) is 0.721. The number of hydrogen-bond acceptors (Lipinski definition) is 6. The van der Waals surface area contributed by atoms with Gasteiger partial charge in [-0.25, -0.2) is 4.98 Å². The minimum Gasteiger partial charge on any atom is -0.491 e. The fourth-order valence-corrected chi connectivity index (χ4v) is 2.42. The summed E-state index contributed by atoms with van der Waals surface area (Å²) in [5.41, 5.74) is 6.85. The third-order valence-corrected chi connectivity index (χ3v) is 3.74. The van der Waals surface area contributed by atoms with Gasteiger partial charge >= 0.3 is 0 Å². The second-order valence-corrected chi connectivity index (χ2v) is 5.44. The predicted molar refractivity (Wildman–Crippen MR) is 85.0 cm³/mol. The lowest BCUT2D eigenvalue weighted by molar-refractivity contribution is 0.0946. The van der Waals surface area contributed by atoms with Crippen molar-refractivity contribution in [2.75, 3.05) is 20.3 Å². The van der Waals surface area contributed by atoms with Crippen LogP contribution in [0.15, 0.2) is 29.6 Å². The number of methoxy groups -OCH3 is 1. The van der Waals surface area contributed by atoms with Gasteiger partial charge in [-0.15, -0.1) is 11.3 Å². The molecule has 0 spiro atoms. The molecule has 1 heterocycles. The number of ether oxygens (including phenoxy) is 2. The lowest BCUT2D eigenvalue weighted by Crippen LogP contribution is -2.23. The van der Waals surface area contributed by atoms with Crippen molar-refractivity contribution in [2.24, 2.45) is 5.73 Å². The molecule has 0 saturated heterocycles. The summed E-state index contributed by atoms with van der Waals surface area (Å²) in [4.78, 5) is 16.1. The Morgan fingerprint density at radius 1 is 1.41 bits per heavy atom. The number of carbonyl (C=O) groups is 1. The van der Waals surface area contributed by atoms with Crippen molar-refractivity contribution in [1.82, 2.24) is 10.3 Å². The zero-order valence-corrected chi connectivity index (χ0v) is 13.2. The number of hydrogen-bond donors (Lipinski definition) is 2. The van der Waals surface area contributed by atoms with Crippen molar-refractivity contribution < 1.29 is 14.3 Å². The normalized spacial score (nSPS) is 10.5. The smallest absolute Gasteiger partial charge is 0.271 e. The molecular formula is C15H19N3O3S. The molecule has 0 radical (unpaired) electrons. The third kappa shape index (κ3) is 4.80. The molecule has 7 heteroatoms. The average molecular weight is 321 g/mol. The van der Waals surface area contributed by atoms with Gasteiger partial charge in [-0.2, -0.15) is 0 Å². The van der Waals surface area contributed by atoms with Crippen LogP contribution in [0, 0.1) is 0 Å². The first-order chi connectivity index (χ1) is 10.7. The van der Waals surface area contributed by atoms with Gasteiger partial charge in [-0.1, -0.05) is 12.1 Å². The maximum atomic E-state index is 12.0. The fourth-order valence-electron chi connectivity index (χ4n) is 1.77. The molecular weight excluding hydrogens is 302 g/mol. The highest BCUT2D eigenvalue weighted by Crippen LogP contribution is 2.14. The Labute approximate surface area is 133 Å². The first kappa shape index (κ1) is 16.4. The van der Waals surface area contributed by atoms with Crippen molar-refractivity contribution >= 4 is 17.2 Å². The monoisotopic (exact) mass is 321 g/mol. The molecule has 0 fully saturated rings. The van der Waals surface area contributed by atoms with Gasteiger partial charge in [0, 0.05) is 25.6 Å². The molecule has 0 aliphatic rings. The predicted octanol–water partition coefficient (Wildman–Crippen LogP) is 1.56. The Balaban J connectivity index is 1.88. The molecule has 6 nitrogen and oxygen atoms in total. The zero-order valence-electron chi connectivity index (χ0n) is 12.4.